The van der Waals surface area contributed by atoms with Crippen molar-refractivity contribution in [2.75, 3.05) is 18.5 Å². The summed E-state index contributed by atoms with van der Waals surface area (Å²) in [4.78, 5) is 11.4. The van der Waals surface area contributed by atoms with Crippen LogP contribution in [-0.2, 0) is 4.74 Å². The molecule has 0 aliphatic carbocycles. The van der Waals surface area contributed by atoms with Crippen molar-refractivity contribution >= 4 is 30.1 Å². The lowest BCUT2D eigenvalue weighted by atomic mass is 9.70. The quantitative estimate of drug-likeness (QED) is 0.526. The number of amides is 1. The van der Waals surface area contributed by atoms with E-state index in [0.29, 0.717) is 23.6 Å². The van der Waals surface area contributed by atoms with Crippen molar-refractivity contribution in [3.8, 4) is 11.8 Å². The Balaban J connectivity index is 0.000000305. The second-order valence-electron chi connectivity index (χ2n) is 7.56. The predicted octanol–water partition coefficient (Wildman–Crippen LogP) is 3.17. The minimum absolute atomic E-state index is 0.267. The highest BCUT2D eigenvalue weighted by Gasteiger charge is 2.30. The average molecular weight is 437 g/mol. The Labute approximate surface area is 187 Å². The molecule has 0 saturated carbocycles. The standard InChI is InChI=1S/C16H19BN4O3.C6H9NO/c1-3-10-11-7-9(20-16-12(15(18)22)8-19-21-16)5-6-14(11)24-17(23)13(10)4-2;7-5-6-1-3-8-4-2-6/h5-8,23H,3-4H2,1-2H3,(H2,18,22)(H2,19,20,21);6H,1-4H2. The molecule has 4 rings (SSSR count). The normalized spacial score (nSPS) is 15.8. The Morgan fingerprint density at radius 1 is 1.38 bits per heavy atom. The van der Waals surface area contributed by atoms with Gasteiger partial charge in [0, 0.05) is 24.5 Å². The molecule has 0 spiro atoms. The molecule has 2 aliphatic rings. The molecule has 3 heterocycles. The van der Waals surface area contributed by atoms with E-state index in [0.717, 1.165) is 54.8 Å². The number of carbonyl (C=O) groups is 1. The monoisotopic (exact) mass is 437 g/mol. The third-order valence-corrected chi connectivity index (χ3v) is 5.54. The molecule has 0 atom stereocenters. The first-order valence-corrected chi connectivity index (χ1v) is 10.8. The fraction of sp³-hybridized carbons (Fsp3) is 0.409. The first-order chi connectivity index (χ1) is 15.5. The first kappa shape index (κ1) is 23.4. The van der Waals surface area contributed by atoms with Crippen LogP contribution in [0.5, 0.6) is 5.75 Å². The lowest BCUT2D eigenvalue weighted by Gasteiger charge is -2.25. The highest BCUT2D eigenvalue weighted by atomic mass is 16.5. The molecule has 1 aromatic heterocycles. The molecular weight excluding hydrogens is 409 g/mol. The van der Waals surface area contributed by atoms with E-state index in [9.17, 15) is 9.82 Å². The van der Waals surface area contributed by atoms with Crippen LogP contribution in [0.1, 0.15) is 55.5 Å². The summed E-state index contributed by atoms with van der Waals surface area (Å²) in [6.07, 6.45) is 4.74. The van der Waals surface area contributed by atoms with Gasteiger partial charge in [0.15, 0.2) is 0 Å². The van der Waals surface area contributed by atoms with Crippen LogP contribution in [0.2, 0.25) is 0 Å². The molecular formula is C22H28BN5O4. The summed E-state index contributed by atoms with van der Waals surface area (Å²) in [6, 6.07) is 7.76. The van der Waals surface area contributed by atoms with Crippen LogP contribution in [-0.4, -0.2) is 41.5 Å². The molecule has 32 heavy (non-hydrogen) atoms. The molecule has 2 aromatic rings. The third kappa shape index (κ3) is 5.30. The van der Waals surface area contributed by atoms with Crippen molar-refractivity contribution in [2.45, 2.75) is 39.5 Å². The summed E-state index contributed by atoms with van der Waals surface area (Å²) in [5, 5.41) is 28.2. The number of nitrogens with one attached hydrogen (secondary N) is 2. The van der Waals surface area contributed by atoms with E-state index in [1.807, 2.05) is 19.9 Å². The number of carbonyl (C=O) groups excluding carboxylic acids is 1. The van der Waals surface area contributed by atoms with Crippen LogP contribution in [0, 0.1) is 17.2 Å². The van der Waals surface area contributed by atoms with E-state index in [-0.39, 0.29) is 5.92 Å². The number of rotatable bonds is 5. The maximum Gasteiger partial charge on any atom is 0.556 e. The van der Waals surface area contributed by atoms with Gasteiger partial charge < -0.3 is 25.5 Å². The number of primary amides is 1. The second-order valence-corrected chi connectivity index (χ2v) is 7.56. The van der Waals surface area contributed by atoms with Crippen LogP contribution >= 0.6 is 0 Å². The summed E-state index contributed by atoms with van der Waals surface area (Å²) in [5.41, 5.74) is 9.29. The Hall–Kier alpha value is -3.29. The van der Waals surface area contributed by atoms with Crippen LogP contribution in [0.15, 0.2) is 29.9 Å². The fourth-order valence-electron chi connectivity index (χ4n) is 3.80. The summed E-state index contributed by atoms with van der Waals surface area (Å²) in [5.74, 6) is 0.792. The van der Waals surface area contributed by atoms with Crippen LogP contribution in [0.25, 0.3) is 5.57 Å². The molecule has 9 nitrogen and oxygen atoms in total. The van der Waals surface area contributed by atoms with E-state index >= 15 is 0 Å². The van der Waals surface area contributed by atoms with Crippen LogP contribution in [0.4, 0.5) is 11.5 Å². The molecule has 0 bridgehead atoms. The molecule has 10 heteroatoms. The van der Waals surface area contributed by atoms with E-state index in [1.54, 1.807) is 12.1 Å². The molecule has 0 radical (unpaired) electrons. The van der Waals surface area contributed by atoms with Crippen molar-refractivity contribution in [3.63, 3.8) is 0 Å². The minimum Gasteiger partial charge on any atom is -0.532 e. The number of ether oxygens (including phenoxy) is 1. The highest BCUT2D eigenvalue weighted by molar-refractivity contribution is 6.55. The Morgan fingerprint density at radius 3 is 2.72 bits per heavy atom. The van der Waals surface area contributed by atoms with Crippen molar-refractivity contribution in [3.05, 3.63) is 41.0 Å². The maximum atomic E-state index is 11.4. The molecule has 1 saturated heterocycles. The van der Waals surface area contributed by atoms with Crippen molar-refractivity contribution in [1.82, 2.24) is 10.2 Å². The average Bonchev–Trinajstić information content (AvgIpc) is 3.28. The molecule has 2 aliphatic heterocycles. The summed E-state index contributed by atoms with van der Waals surface area (Å²) in [6.45, 7) is 5.60. The molecule has 1 aromatic carbocycles. The van der Waals surface area contributed by atoms with Gasteiger partial charge >= 0.3 is 7.12 Å². The summed E-state index contributed by atoms with van der Waals surface area (Å²) < 4.78 is 10.6. The number of aromatic amines is 1. The number of H-pyrrole nitrogens is 1. The highest BCUT2D eigenvalue weighted by Crippen LogP contribution is 2.39. The van der Waals surface area contributed by atoms with Crippen LogP contribution < -0.4 is 15.7 Å². The SMILES string of the molecule is CCC1=C(CC)c2cc(Nc3[nH]ncc3C(N)=O)ccc2OB1O.N#CC1CCOCC1. The Kier molecular flexibility index (Phi) is 7.92. The van der Waals surface area contributed by atoms with Crippen molar-refractivity contribution in [2.24, 2.45) is 11.7 Å². The van der Waals surface area contributed by atoms with Gasteiger partial charge in [0.1, 0.15) is 17.1 Å². The Morgan fingerprint density at radius 2 is 2.12 bits per heavy atom. The van der Waals surface area contributed by atoms with E-state index in [1.165, 1.54) is 6.20 Å². The number of hydrogen-bond donors (Lipinski definition) is 4. The molecule has 1 amide bonds. The van der Waals surface area contributed by atoms with Gasteiger partial charge in [-0.15, -0.1) is 0 Å². The van der Waals surface area contributed by atoms with Gasteiger partial charge in [-0.25, -0.2) is 0 Å². The molecule has 5 N–H and O–H groups in total. The Bertz CT molecular complexity index is 1020. The maximum absolute atomic E-state index is 11.4. The smallest absolute Gasteiger partial charge is 0.532 e. The molecule has 0 unspecified atom stereocenters. The zero-order valence-corrected chi connectivity index (χ0v) is 18.4. The first-order valence-electron chi connectivity index (χ1n) is 10.8. The predicted molar refractivity (Wildman–Crippen MR) is 122 cm³/mol. The molecule has 1 fully saturated rings. The number of nitrogens with zero attached hydrogens (tertiary/aromatic N) is 2. The summed E-state index contributed by atoms with van der Waals surface area (Å²) in [7, 11) is -0.898. The summed E-state index contributed by atoms with van der Waals surface area (Å²) >= 11 is 0. The lowest BCUT2D eigenvalue weighted by Crippen LogP contribution is -2.29. The van der Waals surface area contributed by atoms with Gasteiger partial charge in [-0.1, -0.05) is 13.8 Å². The third-order valence-electron chi connectivity index (χ3n) is 5.54. The number of hydrogen-bond acceptors (Lipinski definition) is 7. The number of anilines is 2. The van der Waals surface area contributed by atoms with Gasteiger partial charge in [-0.2, -0.15) is 10.4 Å². The minimum atomic E-state index is -0.898. The number of nitriles is 1. The largest absolute Gasteiger partial charge is 0.556 e. The number of fused-ring (bicyclic) bond motifs is 1. The zero-order valence-electron chi connectivity index (χ0n) is 18.4. The van der Waals surface area contributed by atoms with Crippen molar-refractivity contribution < 1.29 is 19.2 Å². The van der Waals surface area contributed by atoms with E-state index in [4.69, 9.17) is 20.4 Å². The fourth-order valence-corrected chi connectivity index (χ4v) is 3.80. The number of benzene rings is 1. The van der Waals surface area contributed by atoms with Crippen LogP contribution in [0.3, 0.4) is 0 Å². The van der Waals surface area contributed by atoms with Gasteiger partial charge in [-0.05, 0) is 54.9 Å². The van der Waals surface area contributed by atoms with Gasteiger partial charge in [0.2, 0.25) is 0 Å². The van der Waals surface area contributed by atoms with E-state index in [2.05, 4.69) is 21.6 Å². The number of aromatic nitrogens is 2. The number of allylic oxidation sites excluding steroid dienone is 2. The number of nitrogens with two attached hydrogens (primary N) is 1. The van der Waals surface area contributed by atoms with Gasteiger partial charge in [-0.3, -0.25) is 9.89 Å². The van der Waals surface area contributed by atoms with Gasteiger partial charge in [0.05, 0.1) is 18.2 Å². The lowest BCUT2D eigenvalue weighted by molar-refractivity contribution is 0.0802. The van der Waals surface area contributed by atoms with E-state index < -0.39 is 13.0 Å². The van der Waals surface area contributed by atoms with Gasteiger partial charge in [0.25, 0.3) is 5.91 Å². The van der Waals surface area contributed by atoms with Crippen molar-refractivity contribution in [1.29, 1.82) is 5.26 Å². The zero-order chi connectivity index (χ0) is 23.1. The topological polar surface area (TPSA) is 146 Å². The second kappa shape index (κ2) is 10.8. The molecule has 168 valence electrons.